The normalized spacial score (nSPS) is 13.4. The number of fused-ring (bicyclic) bond motifs is 1. The highest BCUT2D eigenvalue weighted by atomic mass is 16.5. The van der Waals surface area contributed by atoms with Crippen molar-refractivity contribution in [3.8, 4) is 17.2 Å². The summed E-state index contributed by atoms with van der Waals surface area (Å²) in [5.74, 6) is 2.12. The molecule has 0 saturated carbocycles. The van der Waals surface area contributed by atoms with Crippen molar-refractivity contribution < 1.29 is 19.0 Å². The molecule has 0 spiro atoms. The summed E-state index contributed by atoms with van der Waals surface area (Å²) in [7, 11) is 0. The number of hydrogen-bond acceptors (Lipinski definition) is 4. The van der Waals surface area contributed by atoms with Crippen molar-refractivity contribution >= 4 is 5.91 Å². The Bertz CT molecular complexity index is 803. The number of benzene rings is 2. The zero-order chi connectivity index (χ0) is 19.2. The molecule has 0 bridgehead atoms. The maximum absolute atomic E-state index is 12.6. The van der Waals surface area contributed by atoms with Crippen LogP contribution in [-0.2, 0) is 12.8 Å². The van der Waals surface area contributed by atoms with Crippen molar-refractivity contribution in [3.05, 3.63) is 53.1 Å². The Morgan fingerprint density at radius 1 is 1.11 bits per heavy atom. The first kappa shape index (κ1) is 19.1. The van der Waals surface area contributed by atoms with E-state index in [-0.39, 0.29) is 11.9 Å². The van der Waals surface area contributed by atoms with E-state index in [1.165, 1.54) is 11.1 Å². The van der Waals surface area contributed by atoms with Crippen molar-refractivity contribution in [2.24, 2.45) is 0 Å². The molecule has 27 heavy (non-hydrogen) atoms. The van der Waals surface area contributed by atoms with Gasteiger partial charge in [0.25, 0.3) is 5.91 Å². The Balaban J connectivity index is 1.64. The van der Waals surface area contributed by atoms with E-state index in [9.17, 15) is 4.79 Å². The van der Waals surface area contributed by atoms with E-state index in [1.807, 2.05) is 26.8 Å². The van der Waals surface area contributed by atoms with Crippen LogP contribution >= 0.6 is 0 Å². The zero-order valence-corrected chi connectivity index (χ0v) is 16.2. The van der Waals surface area contributed by atoms with Crippen LogP contribution in [0.25, 0.3) is 0 Å². The van der Waals surface area contributed by atoms with Crippen LogP contribution in [0.2, 0.25) is 0 Å². The second-order valence-corrected chi connectivity index (χ2v) is 6.65. The highest BCUT2D eigenvalue weighted by molar-refractivity contribution is 5.95. The lowest BCUT2D eigenvalue weighted by molar-refractivity contribution is 0.0939. The van der Waals surface area contributed by atoms with Crippen LogP contribution in [0.5, 0.6) is 17.2 Å². The van der Waals surface area contributed by atoms with Crippen molar-refractivity contribution in [2.75, 3.05) is 19.8 Å². The van der Waals surface area contributed by atoms with Crippen LogP contribution in [0, 0.1) is 0 Å². The largest absolute Gasteiger partial charge is 0.493 e. The molecule has 2 aromatic carbocycles. The molecule has 1 aliphatic rings. The van der Waals surface area contributed by atoms with E-state index in [4.69, 9.17) is 14.2 Å². The maximum Gasteiger partial charge on any atom is 0.251 e. The van der Waals surface area contributed by atoms with Gasteiger partial charge in [-0.3, -0.25) is 4.79 Å². The van der Waals surface area contributed by atoms with Gasteiger partial charge in [-0.15, -0.1) is 0 Å². The molecule has 5 heteroatoms. The number of nitrogens with one attached hydrogen (secondary N) is 1. The van der Waals surface area contributed by atoms with E-state index in [0.29, 0.717) is 30.3 Å². The molecule has 2 aromatic rings. The first-order valence-corrected chi connectivity index (χ1v) is 9.55. The van der Waals surface area contributed by atoms with Crippen LogP contribution in [0.3, 0.4) is 0 Å². The zero-order valence-electron chi connectivity index (χ0n) is 16.2. The average molecular weight is 369 g/mol. The summed E-state index contributed by atoms with van der Waals surface area (Å²) in [6.45, 7) is 7.66. The lowest BCUT2D eigenvalue weighted by atomic mass is 10.0. The molecule has 144 valence electrons. The Morgan fingerprint density at radius 3 is 2.67 bits per heavy atom. The van der Waals surface area contributed by atoms with Gasteiger partial charge >= 0.3 is 0 Å². The third-order valence-electron chi connectivity index (χ3n) is 4.48. The van der Waals surface area contributed by atoms with Crippen LogP contribution in [0.15, 0.2) is 36.4 Å². The predicted octanol–water partition coefficient (Wildman–Crippen LogP) is 3.78. The summed E-state index contributed by atoms with van der Waals surface area (Å²) in [6, 6.07) is 11.6. The quantitative estimate of drug-likeness (QED) is 0.769. The average Bonchev–Trinajstić information content (AvgIpc) is 3.11. The van der Waals surface area contributed by atoms with Gasteiger partial charge in [-0.1, -0.05) is 12.1 Å². The Labute approximate surface area is 160 Å². The minimum atomic E-state index is -0.115. The van der Waals surface area contributed by atoms with Crippen LogP contribution in [-0.4, -0.2) is 31.8 Å². The van der Waals surface area contributed by atoms with E-state index < -0.39 is 0 Å². The van der Waals surface area contributed by atoms with Gasteiger partial charge in [-0.25, -0.2) is 0 Å². The van der Waals surface area contributed by atoms with Gasteiger partial charge in [0.2, 0.25) is 0 Å². The van der Waals surface area contributed by atoms with Gasteiger partial charge in [-0.2, -0.15) is 0 Å². The number of ether oxygens (including phenoxy) is 3. The van der Waals surface area contributed by atoms with Crippen molar-refractivity contribution in [1.82, 2.24) is 5.32 Å². The molecule has 5 nitrogen and oxygen atoms in total. The maximum atomic E-state index is 12.6. The molecular formula is C22H27NO4. The topological polar surface area (TPSA) is 56.8 Å². The smallest absolute Gasteiger partial charge is 0.251 e. The summed E-state index contributed by atoms with van der Waals surface area (Å²) in [5, 5.41) is 3.07. The molecule has 1 unspecified atom stereocenters. The predicted molar refractivity (Wildman–Crippen MR) is 105 cm³/mol. The van der Waals surface area contributed by atoms with Crippen LogP contribution in [0.4, 0.5) is 0 Å². The SMILES string of the molecule is CCOc1ccc(C(=O)NC(C)Cc2ccc3c(c2)CCO3)cc1OCC. The molecule has 1 N–H and O–H groups in total. The monoisotopic (exact) mass is 369 g/mol. The fourth-order valence-electron chi connectivity index (χ4n) is 3.27. The second kappa shape index (κ2) is 8.80. The molecule has 1 aliphatic heterocycles. The number of amides is 1. The van der Waals surface area contributed by atoms with Crippen molar-refractivity contribution in [2.45, 2.75) is 39.7 Å². The molecular weight excluding hydrogens is 342 g/mol. The Hall–Kier alpha value is -2.69. The molecule has 1 amide bonds. The fourth-order valence-corrected chi connectivity index (χ4v) is 3.27. The van der Waals surface area contributed by atoms with Gasteiger partial charge < -0.3 is 19.5 Å². The summed E-state index contributed by atoms with van der Waals surface area (Å²) in [6.07, 6.45) is 1.73. The molecule has 0 aromatic heterocycles. The van der Waals surface area contributed by atoms with Gasteiger partial charge in [0, 0.05) is 18.0 Å². The Morgan fingerprint density at radius 2 is 1.89 bits per heavy atom. The lowest BCUT2D eigenvalue weighted by Gasteiger charge is -2.16. The first-order chi connectivity index (χ1) is 13.1. The first-order valence-electron chi connectivity index (χ1n) is 9.55. The number of hydrogen-bond donors (Lipinski definition) is 1. The minimum Gasteiger partial charge on any atom is -0.493 e. The lowest BCUT2D eigenvalue weighted by Crippen LogP contribution is -2.34. The van der Waals surface area contributed by atoms with Crippen molar-refractivity contribution in [3.63, 3.8) is 0 Å². The minimum absolute atomic E-state index is 0.0139. The fraction of sp³-hybridized carbons (Fsp3) is 0.409. The van der Waals surface area contributed by atoms with E-state index in [2.05, 4.69) is 17.4 Å². The summed E-state index contributed by atoms with van der Waals surface area (Å²) >= 11 is 0. The second-order valence-electron chi connectivity index (χ2n) is 6.65. The summed E-state index contributed by atoms with van der Waals surface area (Å²) < 4.78 is 16.7. The molecule has 1 heterocycles. The standard InChI is InChI=1S/C22H27NO4/c1-4-25-20-9-7-18(14-21(20)26-5-2)22(24)23-15(3)12-16-6-8-19-17(13-16)10-11-27-19/h6-9,13-15H,4-5,10-12H2,1-3H3,(H,23,24). The molecule has 0 radical (unpaired) electrons. The highest BCUT2D eigenvalue weighted by Crippen LogP contribution is 2.29. The van der Waals surface area contributed by atoms with Crippen LogP contribution in [0.1, 0.15) is 42.3 Å². The van der Waals surface area contributed by atoms with Crippen LogP contribution < -0.4 is 19.5 Å². The Kier molecular flexibility index (Phi) is 6.22. The van der Waals surface area contributed by atoms with E-state index in [1.54, 1.807) is 18.2 Å². The summed E-state index contributed by atoms with van der Waals surface area (Å²) in [4.78, 5) is 12.6. The third-order valence-corrected chi connectivity index (χ3v) is 4.48. The number of rotatable bonds is 8. The molecule has 1 atom stereocenters. The van der Waals surface area contributed by atoms with E-state index in [0.717, 1.165) is 25.2 Å². The number of carbonyl (C=O) groups is 1. The van der Waals surface area contributed by atoms with Gasteiger partial charge in [0.15, 0.2) is 11.5 Å². The third kappa shape index (κ3) is 4.73. The van der Waals surface area contributed by atoms with Gasteiger partial charge in [0.05, 0.1) is 19.8 Å². The molecule has 0 fully saturated rings. The highest BCUT2D eigenvalue weighted by Gasteiger charge is 2.16. The van der Waals surface area contributed by atoms with Crippen molar-refractivity contribution in [1.29, 1.82) is 0 Å². The molecule has 0 saturated heterocycles. The number of carbonyl (C=O) groups excluding carboxylic acids is 1. The van der Waals surface area contributed by atoms with Gasteiger partial charge in [0.1, 0.15) is 5.75 Å². The summed E-state index contributed by atoms with van der Waals surface area (Å²) in [5.41, 5.74) is 3.02. The van der Waals surface area contributed by atoms with Gasteiger partial charge in [-0.05, 0) is 62.6 Å². The molecule has 3 rings (SSSR count). The molecule has 0 aliphatic carbocycles. The van der Waals surface area contributed by atoms with E-state index >= 15 is 0 Å².